The second-order valence-corrected chi connectivity index (χ2v) is 3.90. The summed E-state index contributed by atoms with van der Waals surface area (Å²) in [5.74, 6) is -0.631. The molecule has 0 fully saturated rings. The molecule has 1 aromatic rings. The van der Waals surface area contributed by atoms with Gasteiger partial charge in [0.1, 0.15) is 6.07 Å². The van der Waals surface area contributed by atoms with E-state index in [1.165, 1.54) is 6.20 Å². The van der Waals surface area contributed by atoms with Crippen molar-refractivity contribution in [2.45, 2.75) is 6.92 Å². The Morgan fingerprint density at radius 1 is 1.61 bits per heavy atom. The Bertz CT molecular complexity index is 506. The van der Waals surface area contributed by atoms with Gasteiger partial charge in [-0.2, -0.15) is 5.26 Å². The Labute approximate surface area is 111 Å². The van der Waals surface area contributed by atoms with E-state index in [4.69, 9.17) is 21.6 Å². The van der Waals surface area contributed by atoms with Crippen molar-refractivity contribution in [3.8, 4) is 6.07 Å². The summed E-state index contributed by atoms with van der Waals surface area (Å²) in [6.07, 6.45) is 1.42. The molecule has 0 heterocycles. The minimum absolute atomic E-state index is 0.0562. The third-order valence-corrected chi connectivity index (χ3v) is 2.39. The smallest absolute Gasteiger partial charge is 0.350 e. The lowest BCUT2D eigenvalue weighted by Crippen LogP contribution is -2.14. The van der Waals surface area contributed by atoms with Crippen LogP contribution >= 0.6 is 11.6 Å². The zero-order valence-electron chi connectivity index (χ0n) is 10.2. The SMILES string of the molecule is CCOC(=O)/C(C#N)=C\N(C)c1cccc(Cl)c1. The van der Waals surface area contributed by atoms with Crippen molar-refractivity contribution in [1.82, 2.24) is 0 Å². The molecule has 0 N–H and O–H groups in total. The van der Waals surface area contributed by atoms with Crippen LogP contribution in [0.1, 0.15) is 6.92 Å². The first kappa shape index (κ1) is 14.1. The van der Waals surface area contributed by atoms with Gasteiger partial charge >= 0.3 is 5.97 Å². The predicted molar refractivity (Wildman–Crippen MR) is 70.2 cm³/mol. The minimum atomic E-state index is -0.631. The molecule has 0 saturated carbocycles. The summed E-state index contributed by atoms with van der Waals surface area (Å²) in [4.78, 5) is 13.1. The Hall–Kier alpha value is -1.99. The Balaban J connectivity index is 2.93. The second kappa shape index (κ2) is 6.67. The lowest BCUT2D eigenvalue weighted by Gasteiger charge is -2.14. The van der Waals surface area contributed by atoms with Crippen LogP contribution in [-0.4, -0.2) is 19.6 Å². The molecule has 0 aliphatic carbocycles. The molecule has 0 spiro atoms. The maximum Gasteiger partial charge on any atom is 0.350 e. The fourth-order valence-corrected chi connectivity index (χ4v) is 1.48. The van der Waals surface area contributed by atoms with Crippen molar-refractivity contribution < 1.29 is 9.53 Å². The first-order valence-electron chi connectivity index (χ1n) is 5.36. The van der Waals surface area contributed by atoms with Gasteiger partial charge in [0, 0.05) is 24.0 Å². The van der Waals surface area contributed by atoms with Crippen LogP contribution < -0.4 is 4.90 Å². The largest absolute Gasteiger partial charge is 0.462 e. The molecule has 0 aliphatic rings. The second-order valence-electron chi connectivity index (χ2n) is 3.47. The number of nitrogens with zero attached hydrogens (tertiary/aromatic N) is 2. The van der Waals surface area contributed by atoms with E-state index in [0.29, 0.717) is 5.02 Å². The molecule has 0 radical (unpaired) electrons. The molecule has 5 heteroatoms. The first-order chi connectivity index (χ1) is 8.58. The Kier molecular flexibility index (Phi) is 5.22. The van der Waals surface area contributed by atoms with E-state index in [-0.39, 0.29) is 12.2 Å². The number of hydrogen-bond acceptors (Lipinski definition) is 4. The summed E-state index contributed by atoms with van der Waals surface area (Å²) in [5, 5.41) is 9.49. The van der Waals surface area contributed by atoms with E-state index in [1.807, 2.05) is 12.1 Å². The Morgan fingerprint density at radius 3 is 2.89 bits per heavy atom. The summed E-state index contributed by atoms with van der Waals surface area (Å²) in [5.41, 5.74) is 0.721. The summed E-state index contributed by atoms with van der Waals surface area (Å²) in [6.45, 7) is 1.92. The van der Waals surface area contributed by atoms with E-state index < -0.39 is 5.97 Å². The van der Waals surface area contributed by atoms with Gasteiger partial charge in [-0.1, -0.05) is 17.7 Å². The van der Waals surface area contributed by atoms with Crippen molar-refractivity contribution in [2.24, 2.45) is 0 Å². The third kappa shape index (κ3) is 3.79. The Morgan fingerprint density at radius 2 is 2.33 bits per heavy atom. The molecule has 0 aliphatic heterocycles. The molecule has 0 aromatic heterocycles. The average Bonchev–Trinajstić information content (AvgIpc) is 2.35. The first-order valence-corrected chi connectivity index (χ1v) is 5.73. The number of benzene rings is 1. The maximum atomic E-state index is 11.4. The number of halogens is 1. The molecule has 1 rings (SSSR count). The number of nitriles is 1. The average molecular weight is 265 g/mol. The van der Waals surface area contributed by atoms with Gasteiger partial charge in [-0.3, -0.25) is 0 Å². The van der Waals surface area contributed by atoms with E-state index in [0.717, 1.165) is 5.69 Å². The predicted octanol–water partition coefficient (Wildman–Crippen LogP) is 2.75. The molecule has 94 valence electrons. The number of hydrogen-bond donors (Lipinski definition) is 0. The number of rotatable bonds is 4. The van der Waals surface area contributed by atoms with Gasteiger partial charge in [0.25, 0.3) is 0 Å². The lowest BCUT2D eigenvalue weighted by atomic mass is 10.2. The summed E-state index contributed by atoms with van der Waals surface area (Å²) < 4.78 is 4.77. The highest BCUT2D eigenvalue weighted by Crippen LogP contribution is 2.19. The number of esters is 1. The van der Waals surface area contributed by atoms with Gasteiger partial charge in [-0.05, 0) is 25.1 Å². The molecule has 0 atom stereocenters. The van der Waals surface area contributed by atoms with Gasteiger partial charge in [-0.25, -0.2) is 4.79 Å². The number of anilines is 1. The van der Waals surface area contributed by atoms with E-state index in [9.17, 15) is 4.79 Å². The van der Waals surface area contributed by atoms with Crippen molar-refractivity contribution in [1.29, 1.82) is 5.26 Å². The van der Waals surface area contributed by atoms with E-state index >= 15 is 0 Å². The molecule has 0 saturated heterocycles. The van der Waals surface area contributed by atoms with Crippen molar-refractivity contribution in [3.05, 3.63) is 41.1 Å². The highest BCUT2D eigenvalue weighted by molar-refractivity contribution is 6.30. The summed E-state index contributed by atoms with van der Waals surface area (Å²) in [7, 11) is 1.72. The van der Waals surface area contributed by atoms with Crippen LogP contribution in [0.25, 0.3) is 0 Å². The fraction of sp³-hybridized carbons (Fsp3) is 0.231. The zero-order chi connectivity index (χ0) is 13.5. The molecule has 0 amide bonds. The van der Waals surface area contributed by atoms with E-state index in [1.54, 1.807) is 37.1 Å². The van der Waals surface area contributed by atoms with Crippen molar-refractivity contribution in [2.75, 3.05) is 18.6 Å². The van der Waals surface area contributed by atoms with Crippen LogP contribution in [0.4, 0.5) is 5.69 Å². The normalized spacial score (nSPS) is 10.7. The van der Waals surface area contributed by atoms with Gasteiger partial charge in [0.2, 0.25) is 0 Å². The van der Waals surface area contributed by atoms with Crippen molar-refractivity contribution in [3.63, 3.8) is 0 Å². The zero-order valence-corrected chi connectivity index (χ0v) is 10.9. The number of carbonyl (C=O) groups excluding carboxylic acids is 1. The molecular weight excluding hydrogens is 252 g/mol. The molecule has 4 nitrogen and oxygen atoms in total. The monoisotopic (exact) mass is 264 g/mol. The quantitative estimate of drug-likeness (QED) is 0.477. The van der Waals surface area contributed by atoms with Crippen LogP contribution in [0.2, 0.25) is 5.02 Å². The molecule has 0 unspecified atom stereocenters. The minimum Gasteiger partial charge on any atom is -0.462 e. The highest BCUT2D eigenvalue weighted by Gasteiger charge is 2.11. The maximum absolute atomic E-state index is 11.4. The molecule has 1 aromatic carbocycles. The standard InChI is InChI=1S/C13H13ClN2O2/c1-3-18-13(17)10(8-15)9-16(2)12-6-4-5-11(14)7-12/h4-7,9H,3H2,1-2H3/b10-9-. The van der Waals surface area contributed by atoms with E-state index in [2.05, 4.69) is 0 Å². The van der Waals surface area contributed by atoms with Gasteiger partial charge in [0.15, 0.2) is 5.57 Å². The number of ether oxygens (including phenoxy) is 1. The van der Waals surface area contributed by atoms with Crippen LogP contribution in [0.15, 0.2) is 36.0 Å². The summed E-state index contributed by atoms with van der Waals surface area (Å²) >= 11 is 5.87. The topological polar surface area (TPSA) is 53.3 Å². The van der Waals surface area contributed by atoms with Gasteiger partial charge in [0.05, 0.1) is 6.61 Å². The van der Waals surface area contributed by atoms with Crippen LogP contribution in [0, 0.1) is 11.3 Å². The van der Waals surface area contributed by atoms with Crippen LogP contribution in [-0.2, 0) is 9.53 Å². The molecule has 0 bridgehead atoms. The van der Waals surface area contributed by atoms with Gasteiger partial charge < -0.3 is 9.64 Å². The molecule has 18 heavy (non-hydrogen) atoms. The van der Waals surface area contributed by atoms with Crippen LogP contribution in [0.3, 0.4) is 0 Å². The number of carbonyl (C=O) groups is 1. The van der Waals surface area contributed by atoms with Gasteiger partial charge in [-0.15, -0.1) is 0 Å². The fourth-order valence-electron chi connectivity index (χ4n) is 1.30. The van der Waals surface area contributed by atoms with Crippen LogP contribution in [0.5, 0.6) is 0 Å². The highest BCUT2D eigenvalue weighted by atomic mass is 35.5. The summed E-state index contributed by atoms with van der Waals surface area (Å²) in [6, 6.07) is 8.91. The van der Waals surface area contributed by atoms with Crippen molar-refractivity contribution >= 4 is 23.3 Å². The third-order valence-electron chi connectivity index (χ3n) is 2.15. The molecular formula is C13H13ClN2O2. The lowest BCUT2D eigenvalue weighted by molar-refractivity contribution is -0.138.